The highest BCUT2D eigenvalue weighted by Crippen LogP contribution is 2.21. The number of aliphatic hydroxyl groups is 1. The monoisotopic (exact) mass is 583 g/mol. The summed E-state index contributed by atoms with van der Waals surface area (Å²) in [6, 6.07) is 5.79. The SMILES string of the molecule is Cc1ccc2occ(CN(CCCn3ccnc3)CC3CC=CCC3)c(=O)c2c1.O=C(O)CC(O)(CC(=O)O)C(=O)O. The van der Waals surface area contributed by atoms with Crippen LogP contribution in [0.2, 0.25) is 0 Å². The smallest absolute Gasteiger partial charge is 0.336 e. The number of benzene rings is 1. The number of aliphatic carboxylic acids is 3. The summed E-state index contributed by atoms with van der Waals surface area (Å²) >= 11 is 0. The van der Waals surface area contributed by atoms with E-state index < -0.39 is 36.4 Å². The lowest BCUT2D eigenvalue weighted by Crippen LogP contribution is -2.42. The van der Waals surface area contributed by atoms with E-state index in [4.69, 9.17) is 24.8 Å². The van der Waals surface area contributed by atoms with Gasteiger partial charge >= 0.3 is 17.9 Å². The molecule has 0 spiro atoms. The lowest BCUT2D eigenvalue weighted by Gasteiger charge is -2.28. The van der Waals surface area contributed by atoms with Gasteiger partial charge in [-0.25, -0.2) is 9.78 Å². The van der Waals surface area contributed by atoms with Crippen molar-refractivity contribution in [3.8, 4) is 0 Å². The first-order valence-electron chi connectivity index (χ1n) is 13.7. The topological polar surface area (TPSA) is 183 Å². The van der Waals surface area contributed by atoms with Crippen molar-refractivity contribution in [1.29, 1.82) is 0 Å². The minimum absolute atomic E-state index is 0.0955. The first-order valence-corrected chi connectivity index (χ1v) is 13.7. The van der Waals surface area contributed by atoms with E-state index >= 15 is 0 Å². The number of aromatic nitrogens is 2. The summed E-state index contributed by atoms with van der Waals surface area (Å²) in [6.07, 6.45) is 14.1. The Bertz CT molecular complexity index is 1430. The molecule has 0 bridgehead atoms. The predicted molar refractivity (Wildman–Crippen MR) is 153 cm³/mol. The Morgan fingerprint density at radius 1 is 1.14 bits per heavy atom. The number of allylic oxidation sites excluding steroid dienone is 2. The molecule has 0 amide bonds. The molecule has 12 nitrogen and oxygen atoms in total. The molecule has 42 heavy (non-hydrogen) atoms. The van der Waals surface area contributed by atoms with Crippen LogP contribution in [0.15, 0.2) is 64.5 Å². The number of carboxylic acids is 3. The maximum Gasteiger partial charge on any atom is 0.336 e. The molecule has 1 unspecified atom stereocenters. The van der Waals surface area contributed by atoms with Gasteiger partial charge in [0.2, 0.25) is 0 Å². The van der Waals surface area contributed by atoms with Gasteiger partial charge in [-0.1, -0.05) is 23.8 Å². The van der Waals surface area contributed by atoms with Gasteiger partial charge in [0.05, 0.1) is 30.8 Å². The van der Waals surface area contributed by atoms with Gasteiger partial charge in [0.1, 0.15) is 5.58 Å². The molecule has 1 atom stereocenters. The zero-order valence-corrected chi connectivity index (χ0v) is 23.5. The molecule has 1 aromatic carbocycles. The van der Waals surface area contributed by atoms with Crippen molar-refractivity contribution in [3.05, 3.63) is 76.7 Å². The standard InChI is InChI=1S/C24H29N3O2.C6H8O7/c1-19-8-9-23-22(14-19)24(28)21(17-29-23)16-27(15-20-6-3-2-4-7-20)12-5-11-26-13-10-25-18-26;7-3(8)1-6(13,5(11)12)2-4(9)10/h2-3,8-10,13-14,17-18,20H,4-7,11-12,15-16H2,1H3;13H,1-2H2,(H,7,8)(H,9,10)(H,11,12). The molecule has 2 aromatic heterocycles. The fraction of sp³-hybridized carbons (Fsp3) is 0.433. The molecular weight excluding hydrogens is 546 g/mol. The summed E-state index contributed by atoms with van der Waals surface area (Å²) in [5.41, 5.74) is -0.158. The number of hydrogen-bond acceptors (Lipinski definition) is 8. The molecule has 0 saturated carbocycles. The summed E-state index contributed by atoms with van der Waals surface area (Å²) in [7, 11) is 0. The number of hydrogen-bond donors (Lipinski definition) is 4. The van der Waals surface area contributed by atoms with Crippen LogP contribution in [0.5, 0.6) is 0 Å². The molecule has 4 rings (SSSR count). The third-order valence-corrected chi connectivity index (χ3v) is 7.02. The van der Waals surface area contributed by atoms with Crippen LogP contribution >= 0.6 is 0 Å². The van der Waals surface area contributed by atoms with Gasteiger partial charge in [0, 0.05) is 44.1 Å². The Balaban J connectivity index is 0.000000316. The Hall–Kier alpha value is -4.29. The van der Waals surface area contributed by atoms with Crippen LogP contribution in [0, 0.1) is 12.8 Å². The lowest BCUT2D eigenvalue weighted by molar-refractivity contribution is -0.170. The van der Waals surface area contributed by atoms with Crippen molar-refractivity contribution >= 4 is 28.9 Å². The number of nitrogens with zero attached hydrogens (tertiary/aromatic N) is 3. The second-order valence-corrected chi connectivity index (χ2v) is 10.6. The Labute approximate surface area is 242 Å². The van der Waals surface area contributed by atoms with Crippen LogP contribution in [-0.4, -0.2) is 71.5 Å². The van der Waals surface area contributed by atoms with E-state index in [1.54, 1.807) is 6.26 Å². The Morgan fingerprint density at radius 2 is 1.88 bits per heavy atom. The maximum atomic E-state index is 13.1. The van der Waals surface area contributed by atoms with Crippen LogP contribution in [-0.2, 0) is 27.5 Å². The van der Waals surface area contributed by atoms with Crippen LogP contribution < -0.4 is 5.43 Å². The number of aryl methyl sites for hydroxylation is 2. The van der Waals surface area contributed by atoms with Crippen molar-refractivity contribution in [1.82, 2.24) is 14.5 Å². The van der Waals surface area contributed by atoms with Crippen LogP contribution in [0.25, 0.3) is 11.0 Å². The average molecular weight is 584 g/mol. The van der Waals surface area contributed by atoms with Gasteiger partial charge < -0.3 is 29.4 Å². The van der Waals surface area contributed by atoms with E-state index in [0.717, 1.165) is 50.0 Å². The van der Waals surface area contributed by atoms with Gasteiger partial charge in [-0.3, -0.25) is 19.3 Å². The fourth-order valence-corrected chi connectivity index (χ4v) is 4.87. The largest absolute Gasteiger partial charge is 0.481 e. The van der Waals surface area contributed by atoms with E-state index in [0.29, 0.717) is 23.4 Å². The Morgan fingerprint density at radius 3 is 2.48 bits per heavy atom. The van der Waals surface area contributed by atoms with E-state index in [1.165, 1.54) is 6.42 Å². The molecule has 2 heterocycles. The van der Waals surface area contributed by atoms with E-state index in [-0.39, 0.29) is 5.43 Å². The highest BCUT2D eigenvalue weighted by Gasteiger charge is 2.40. The number of carbonyl (C=O) groups is 3. The Kier molecular flexibility index (Phi) is 11.6. The van der Waals surface area contributed by atoms with Gasteiger partial charge in [0.25, 0.3) is 0 Å². The second-order valence-electron chi connectivity index (χ2n) is 10.6. The summed E-state index contributed by atoms with van der Waals surface area (Å²) in [6.45, 7) is 5.54. The molecule has 0 fully saturated rings. The third-order valence-electron chi connectivity index (χ3n) is 7.02. The van der Waals surface area contributed by atoms with Crippen molar-refractivity contribution in [2.24, 2.45) is 5.92 Å². The average Bonchev–Trinajstić information content (AvgIpc) is 3.44. The van der Waals surface area contributed by atoms with Crippen molar-refractivity contribution in [2.45, 2.75) is 64.1 Å². The quantitative estimate of drug-likeness (QED) is 0.217. The van der Waals surface area contributed by atoms with Crippen molar-refractivity contribution in [2.75, 3.05) is 13.1 Å². The summed E-state index contributed by atoms with van der Waals surface area (Å²) < 4.78 is 7.89. The normalized spacial score (nSPS) is 14.9. The van der Waals surface area contributed by atoms with E-state index in [2.05, 4.69) is 26.6 Å². The molecule has 1 aliphatic carbocycles. The molecule has 226 valence electrons. The van der Waals surface area contributed by atoms with E-state index in [9.17, 15) is 19.2 Å². The summed E-state index contributed by atoms with van der Waals surface area (Å²) in [4.78, 5) is 50.1. The molecular formula is C30H37N3O9. The highest BCUT2D eigenvalue weighted by atomic mass is 16.4. The minimum Gasteiger partial charge on any atom is -0.481 e. The molecule has 1 aliphatic rings. The first kappa shape index (κ1) is 32.2. The second kappa shape index (κ2) is 15.1. The maximum absolute atomic E-state index is 13.1. The zero-order chi connectivity index (χ0) is 30.7. The molecule has 12 heteroatoms. The molecule has 3 aromatic rings. The summed E-state index contributed by atoms with van der Waals surface area (Å²) in [5, 5.41) is 34.5. The van der Waals surface area contributed by atoms with E-state index in [1.807, 2.05) is 43.8 Å². The minimum atomic E-state index is -2.74. The zero-order valence-electron chi connectivity index (χ0n) is 23.5. The van der Waals surface area contributed by atoms with Crippen LogP contribution in [0.3, 0.4) is 0 Å². The molecule has 0 aliphatic heterocycles. The molecule has 0 radical (unpaired) electrons. The predicted octanol–water partition coefficient (Wildman–Crippen LogP) is 3.30. The van der Waals surface area contributed by atoms with Gasteiger partial charge in [-0.15, -0.1) is 0 Å². The number of imidazole rings is 1. The number of rotatable bonds is 13. The van der Waals surface area contributed by atoms with Gasteiger partial charge in [0.15, 0.2) is 11.0 Å². The van der Waals surface area contributed by atoms with Crippen LogP contribution in [0.1, 0.15) is 49.7 Å². The van der Waals surface area contributed by atoms with Gasteiger partial charge in [-0.05, 0) is 50.7 Å². The first-order chi connectivity index (χ1) is 20.0. The highest BCUT2D eigenvalue weighted by molar-refractivity contribution is 5.88. The van der Waals surface area contributed by atoms with Crippen LogP contribution in [0.4, 0.5) is 0 Å². The summed E-state index contributed by atoms with van der Waals surface area (Å²) in [5.74, 6) is -4.36. The van der Waals surface area contributed by atoms with Crippen molar-refractivity contribution < 1.29 is 39.2 Å². The molecule has 0 saturated heterocycles. The third kappa shape index (κ3) is 9.67. The fourth-order valence-electron chi connectivity index (χ4n) is 4.87. The lowest BCUT2D eigenvalue weighted by atomic mass is 9.93. The van der Waals surface area contributed by atoms with Crippen molar-refractivity contribution in [3.63, 3.8) is 0 Å². The van der Waals surface area contributed by atoms with Gasteiger partial charge in [-0.2, -0.15) is 0 Å². The number of fused-ring (bicyclic) bond motifs is 1. The molecule has 4 N–H and O–H groups in total. The number of carboxylic acid groups (broad SMARTS) is 3.